The number of hydrogen-bond acceptors (Lipinski definition) is 4. The van der Waals surface area contributed by atoms with E-state index in [9.17, 15) is 8.42 Å². The lowest BCUT2D eigenvalue weighted by molar-refractivity contribution is 0.429. The molecule has 0 aliphatic carbocycles. The minimum Gasteiger partial charge on any atom is -0.274 e. The maximum Gasteiger partial charge on any atom is 0.246 e. The van der Waals surface area contributed by atoms with Crippen LogP contribution in [0, 0.1) is 0 Å². The Labute approximate surface area is 105 Å². The van der Waals surface area contributed by atoms with Crippen LogP contribution in [-0.4, -0.2) is 27.5 Å². The van der Waals surface area contributed by atoms with Gasteiger partial charge in [-0.1, -0.05) is 6.07 Å². The predicted octanol–water partition coefficient (Wildman–Crippen LogP) is 0.520. The van der Waals surface area contributed by atoms with Crippen LogP contribution in [0.3, 0.4) is 0 Å². The van der Waals surface area contributed by atoms with Crippen molar-refractivity contribution in [2.75, 3.05) is 0 Å². The third-order valence-corrected chi connectivity index (χ3v) is 4.72. The maximum atomic E-state index is 12.4. The summed E-state index contributed by atoms with van der Waals surface area (Å²) < 4.78 is 27.6. The van der Waals surface area contributed by atoms with Gasteiger partial charge in [-0.25, -0.2) is 8.42 Å². The second-order valence-corrected chi connectivity index (χ2v) is 6.17. The van der Waals surface area contributed by atoms with Crippen molar-refractivity contribution in [2.24, 2.45) is 7.05 Å². The van der Waals surface area contributed by atoms with Crippen molar-refractivity contribution in [2.45, 2.75) is 18.0 Å². The van der Waals surface area contributed by atoms with E-state index in [4.69, 9.17) is 0 Å². The number of fused-ring (bicyclic) bond motifs is 1. The highest BCUT2D eigenvalue weighted by molar-refractivity contribution is 7.89. The van der Waals surface area contributed by atoms with Gasteiger partial charge in [0.15, 0.2) is 0 Å². The summed E-state index contributed by atoms with van der Waals surface area (Å²) in [4.78, 5) is 4.42. The number of pyridine rings is 1. The fraction of sp³-hybridized carbons (Fsp3) is 0.273. The molecule has 2 aromatic rings. The summed E-state index contributed by atoms with van der Waals surface area (Å²) in [5, 5.41) is 3.90. The average molecular weight is 264 g/mol. The highest BCUT2D eigenvalue weighted by Crippen LogP contribution is 2.26. The molecule has 2 aromatic heterocycles. The van der Waals surface area contributed by atoms with Gasteiger partial charge in [-0.3, -0.25) is 9.67 Å². The standard InChI is InChI=1S/C11H12N4O2S/c1-14-7-10(5-13-14)18(16,17)15-6-9-3-2-4-12-11(9)8-15/h2-5,7H,6,8H2,1H3. The third kappa shape index (κ3) is 1.72. The lowest BCUT2D eigenvalue weighted by Gasteiger charge is -2.13. The third-order valence-electron chi connectivity index (χ3n) is 2.98. The van der Waals surface area contributed by atoms with Gasteiger partial charge in [0.05, 0.1) is 18.4 Å². The lowest BCUT2D eigenvalue weighted by atomic mass is 10.2. The van der Waals surface area contributed by atoms with Crippen LogP contribution >= 0.6 is 0 Å². The Morgan fingerprint density at radius 2 is 2.17 bits per heavy atom. The van der Waals surface area contributed by atoms with Crippen molar-refractivity contribution in [3.8, 4) is 0 Å². The van der Waals surface area contributed by atoms with Crippen LogP contribution in [0.15, 0.2) is 35.6 Å². The molecule has 0 amide bonds. The van der Waals surface area contributed by atoms with E-state index in [2.05, 4.69) is 10.1 Å². The van der Waals surface area contributed by atoms with Crippen LogP contribution in [0.1, 0.15) is 11.3 Å². The van der Waals surface area contributed by atoms with Crippen molar-refractivity contribution < 1.29 is 8.42 Å². The van der Waals surface area contributed by atoms with Gasteiger partial charge in [0.25, 0.3) is 0 Å². The number of hydrogen-bond donors (Lipinski definition) is 0. The molecule has 7 heteroatoms. The Hall–Kier alpha value is -1.73. The van der Waals surface area contributed by atoms with Crippen LogP contribution < -0.4 is 0 Å². The first-order valence-corrected chi connectivity index (χ1v) is 6.93. The largest absolute Gasteiger partial charge is 0.274 e. The Balaban J connectivity index is 1.95. The molecular weight excluding hydrogens is 252 g/mol. The first-order valence-electron chi connectivity index (χ1n) is 5.49. The van der Waals surface area contributed by atoms with E-state index in [0.29, 0.717) is 13.1 Å². The second-order valence-electron chi connectivity index (χ2n) is 4.23. The van der Waals surface area contributed by atoms with Crippen LogP contribution in [0.4, 0.5) is 0 Å². The van der Waals surface area contributed by atoms with E-state index >= 15 is 0 Å². The van der Waals surface area contributed by atoms with Crippen LogP contribution in [0.5, 0.6) is 0 Å². The molecule has 0 fully saturated rings. The number of nitrogens with zero attached hydrogens (tertiary/aromatic N) is 4. The van der Waals surface area contributed by atoms with E-state index < -0.39 is 10.0 Å². The van der Waals surface area contributed by atoms with E-state index in [-0.39, 0.29) is 4.90 Å². The highest BCUT2D eigenvalue weighted by atomic mass is 32.2. The first kappa shape index (κ1) is 11.4. The van der Waals surface area contributed by atoms with Crippen molar-refractivity contribution in [1.29, 1.82) is 0 Å². The summed E-state index contributed by atoms with van der Waals surface area (Å²) in [7, 11) is -1.78. The lowest BCUT2D eigenvalue weighted by Crippen LogP contribution is -2.25. The van der Waals surface area contributed by atoms with E-state index in [1.807, 2.05) is 12.1 Å². The van der Waals surface area contributed by atoms with Crippen molar-refractivity contribution in [3.63, 3.8) is 0 Å². The van der Waals surface area contributed by atoms with Crippen LogP contribution in [-0.2, 0) is 30.2 Å². The van der Waals surface area contributed by atoms with E-state index in [1.165, 1.54) is 21.4 Å². The predicted molar refractivity (Wildman–Crippen MR) is 63.9 cm³/mol. The molecular formula is C11H12N4O2S. The number of sulfonamides is 1. The van der Waals surface area contributed by atoms with Gasteiger partial charge in [0.2, 0.25) is 10.0 Å². The maximum absolute atomic E-state index is 12.4. The summed E-state index contributed by atoms with van der Waals surface area (Å²) in [6.45, 7) is 0.702. The fourth-order valence-corrected chi connectivity index (χ4v) is 3.39. The molecule has 0 N–H and O–H groups in total. The van der Waals surface area contributed by atoms with Crippen molar-refractivity contribution >= 4 is 10.0 Å². The Kier molecular flexibility index (Phi) is 2.46. The Bertz CT molecular complexity index is 668. The van der Waals surface area contributed by atoms with E-state index in [0.717, 1.165) is 11.3 Å². The molecule has 0 saturated heterocycles. The topological polar surface area (TPSA) is 68.1 Å². The molecule has 0 atom stereocenters. The minimum atomic E-state index is -3.48. The fourth-order valence-electron chi connectivity index (χ4n) is 2.02. The van der Waals surface area contributed by atoms with Gasteiger partial charge in [0, 0.05) is 26.0 Å². The number of aryl methyl sites for hydroxylation is 1. The molecule has 0 aromatic carbocycles. The molecule has 6 nitrogen and oxygen atoms in total. The quantitative estimate of drug-likeness (QED) is 0.793. The molecule has 3 rings (SSSR count). The zero-order valence-corrected chi connectivity index (χ0v) is 10.6. The van der Waals surface area contributed by atoms with Gasteiger partial charge in [-0.15, -0.1) is 0 Å². The van der Waals surface area contributed by atoms with Gasteiger partial charge in [-0.05, 0) is 11.6 Å². The van der Waals surface area contributed by atoms with Crippen LogP contribution in [0.25, 0.3) is 0 Å². The summed E-state index contributed by atoms with van der Waals surface area (Å²) in [6, 6.07) is 3.72. The van der Waals surface area contributed by atoms with Gasteiger partial charge < -0.3 is 0 Å². The molecule has 1 aliphatic rings. The molecule has 0 bridgehead atoms. The smallest absolute Gasteiger partial charge is 0.246 e. The summed E-state index contributed by atoms with van der Waals surface area (Å²) >= 11 is 0. The molecule has 3 heterocycles. The first-order chi connectivity index (χ1) is 8.57. The monoisotopic (exact) mass is 264 g/mol. The van der Waals surface area contributed by atoms with Gasteiger partial charge in [0.1, 0.15) is 4.90 Å². The van der Waals surface area contributed by atoms with Crippen LogP contribution in [0.2, 0.25) is 0 Å². The zero-order chi connectivity index (χ0) is 12.8. The summed E-state index contributed by atoms with van der Waals surface area (Å²) in [5.41, 5.74) is 1.79. The second kappa shape index (κ2) is 3.89. The number of aromatic nitrogens is 3. The summed E-state index contributed by atoms with van der Waals surface area (Å²) in [5.74, 6) is 0. The zero-order valence-electron chi connectivity index (χ0n) is 9.81. The van der Waals surface area contributed by atoms with Gasteiger partial charge >= 0.3 is 0 Å². The molecule has 0 unspecified atom stereocenters. The Morgan fingerprint density at radius 1 is 1.33 bits per heavy atom. The highest BCUT2D eigenvalue weighted by Gasteiger charge is 2.31. The van der Waals surface area contributed by atoms with E-state index in [1.54, 1.807) is 13.2 Å². The SMILES string of the molecule is Cn1cc(S(=O)(=O)N2Cc3cccnc3C2)cn1. The minimum absolute atomic E-state index is 0.220. The number of rotatable bonds is 2. The van der Waals surface area contributed by atoms with Gasteiger partial charge in [-0.2, -0.15) is 9.40 Å². The van der Waals surface area contributed by atoms with Crippen molar-refractivity contribution in [1.82, 2.24) is 19.1 Å². The molecule has 0 saturated carbocycles. The molecule has 0 spiro atoms. The molecule has 94 valence electrons. The van der Waals surface area contributed by atoms with Crippen molar-refractivity contribution in [3.05, 3.63) is 42.0 Å². The molecule has 1 aliphatic heterocycles. The average Bonchev–Trinajstić information content (AvgIpc) is 2.94. The molecule has 18 heavy (non-hydrogen) atoms. The summed E-state index contributed by atoms with van der Waals surface area (Å²) in [6.07, 6.45) is 4.55. The molecule has 0 radical (unpaired) electrons. The Morgan fingerprint density at radius 3 is 2.83 bits per heavy atom. The normalized spacial score (nSPS) is 15.8.